The maximum Gasteiger partial charge on any atom is 0.225 e. The minimum Gasteiger partial charge on any atom is -0.418 e. The maximum atomic E-state index is 6.94. The fraction of sp³-hybridized carbons (Fsp3) is 0.485. The molecule has 0 N–H and O–H groups in total. The van der Waals surface area contributed by atoms with Crippen LogP contribution in [0.1, 0.15) is 211 Å². The van der Waals surface area contributed by atoms with Gasteiger partial charge in [0.15, 0.2) is 0 Å². The minimum atomic E-state index is -1.33. The number of hydrogen-bond donors (Lipinski definition) is 0. The quantitative estimate of drug-likeness (QED) is 0.162. The van der Waals surface area contributed by atoms with Gasteiger partial charge in [0, 0.05) is 60.9 Å². The van der Waals surface area contributed by atoms with Gasteiger partial charge in [0.05, 0.1) is 11.3 Å². The summed E-state index contributed by atoms with van der Waals surface area (Å²) >= 11 is 0. The summed E-state index contributed by atoms with van der Waals surface area (Å²) < 4.78 is 27.8. The Morgan fingerprint density at radius 3 is 0.589 bits per heavy atom. The fourth-order valence-corrected chi connectivity index (χ4v) is 12.0. The molecular formula is C66H88FeO4P2. The first kappa shape index (κ1) is 59.4. The molecule has 0 saturated heterocycles. The number of fused-ring (bicyclic) bond motifs is 6. The smallest absolute Gasteiger partial charge is 0.225 e. The molecular weight excluding hydrogens is 975 g/mol. The average molecular weight is 1060 g/mol. The molecule has 2 heterocycles. The van der Waals surface area contributed by atoms with Crippen LogP contribution in [-0.4, -0.2) is 0 Å². The third-order valence-corrected chi connectivity index (χ3v) is 16.9. The Labute approximate surface area is 456 Å². The van der Waals surface area contributed by atoms with E-state index < -0.39 is 16.0 Å². The molecule has 0 amide bonds. The van der Waals surface area contributed by atoms with Crippen molar-refractivity contribution in [1.82, 2.24) is 0 Å². The van der Waals surface area contributed by atoms with Gasteiger partial charge in [-0.15, -0.1) is 0 Å². The SMILES string of the molecule is CC(C)(C)c1cc(C(C)(C)C)c2op([C]3[CH][CH][CH][CH]3)oc3c(C(C)(C)C)cc(C(C)(C)C)cc3c2c1.CC(C)(C)c1cc(C(C)(C)C)c2op([C]3[CH][CH][CH][CH]3)oc3c(C(C)(C)C)cc(C(C)(C)C)cc3c2c1.[Fe]. The van der Waals surface area contributed by atoms with E-state index in [1.165, 1.54) is 44.5 Å². The van der Waals surface area contributed by atoms with Crippen molar-refractivity contribution >= 4 is 59.9 Å². The van der Waals surface area contributed by atoms with Crippen molar-refractivity contribution in [3.8, 4) is 0 Å². The normalized spacial score (nSPS) is 16.1. The zero-order valence-corrected chi connectivity index (χ0v) is 52.0. The van der Waals surface area contributed by atoms with Gasteiger partial charge >= 0.3 is 0 Å². The second-order valence-corrected chi connectivity index (χ2v) is 31.6. The Kier molecular flexibility index (Phi) is 16.7. The second kappa shape index (κ2) is 20.5. The van der Waals surface area contributed by atoms with Crippen LogP contribution in [0.4, 0.5) is 0 Å². The molecule has 8 rings (SSSR count). The molecule has 73 heavy (non-hydrogen) atoms. The van der Waals surface area contributed by atoms with Gasteiger partial charge in [0.25, 0.3) is 0 Å². The predicted octanol–water partition coefficient (Wildman–Crippen LogP) is 21.4. The van der Waals surface area contributed by atoms with Crippen LogP contribution in [-0.2, 0) is 60.4 Å². The standard InChI is InChI=1S/2C33H44O2P.Fe/c2*1-30(2,3)21-17-24-25-18-22(31(4,5)6)20-27(33(10,11)12)29(25)35-36(23-15-13-14-16-23)34-28(24)26(19-21)32(7,8)9;/h2*13-20H,1-12H3;. The van der Waals surface area contributed by atoms with Crippen LogP contribution < -0.4 is 0 Å². The van der Waals surface area contributed by atoms with Gasteiger partial charge in [0.1, 0.15) is 22.3 Å². The summed E-state index contributed by atoms with van der Waals surface area (Å²) in [5.74, 6) is 0. The first-order valence-electron chi connectivity index (χ1n) is 26.3. The summed E-state index contributed by atoms with van der Waals surface area (Å²) in [7, 11) is -2.66. The van der Waals surface area contributed by atoms with Gasteiger partial charge in [-0.05, 0) is 141 Å². The Morgan fingerprint density at radius 2 is 0.438 bits per heavy atom. The van der Waals surface area contributed by atoms with Gasteiger partial charge in [-0.3, -0.25) is 0 Å². The van der Waals surface area contributed by atoms with Gasteiger partial charge in [-0.25, -0.2) is 0 Å². The summed E-state index contributed by atoms with van der Waals surface area (Å²) in [5, 5.41) is 4.59. The van der Waals surface area contributed by atoms with Gasteiger partial charge in [-0.2, -0.15) is 0 Å². The van der Waals surface area contributed by atoms with Crippen molar-refractivity contribution in [3.05, 3.63) is 156 Å². The van der Waals surface area contributed by atoms with E-state index in [0.717, 1.165) is 55.2 Å². The Morgan fingerprint density at radius 1 is 0.260 bits per heavy atom. The Balaban J connectivity index is 0.000000235. The van der Waals surface area contributed by atoms with Crippen molar-refractivity contribution in [1.29, 1.82) is 0 Å². The summed E-state index contributed by atoms with van der Waals surface area (Å²) in [6, 6.07) is 18.9. The van der Waals surface area contributed by atoms with E-state index in [1.807, 2.05) is 0 Å². The largest absolute Gasteiger partial charge is 0.418 e. The summed E-state index contributed by atoms with van der Waals surface area (Å²) in [6.45, 7) is 54.8. The molecule has 4 aromatic carbocycles. The molecule has 0 bridgehead atoms. The van der Waals surface area contributed by atoms with Crippen LogP contribution in [0.25, 0.3) is 43.9 Å². The third-order valence-electron chi connectivity index (χ3n) is 14.0. The van der Waals surface area contributed by atoms with E-state index in [4.69, 9.17) is 16.8 Å². The zero-order valence-electron chi connectivity index (χ0n) is 49.1. The van der Waals surface area contributed by atoms with Crippen LogP contribution in [0.5, 0.6) is 0 Å². The molecule has 10 radical (unpaired) electrons. The van der Waals surface area contributed by atoms with Crippen molar-refractivity contribution in [3.63, 3.8) is 0 Å². The van der Waals surface area contributed by atoms with Crippen molar-refractivity contribution in [2.45, 2.75) is 209 Å². The predicted molar refractivity (Wildman–Crippen MR) is 314 cm³/mol. The van der Waals surface area contributed by atoms with E-state index >= 15 is 0 Å². The van der Waals surface area contributed by atoms with Gasteiger partial charge < -0.3 is 16.8 Å². The minimum absolute atomic E-state index is 0. The molecule has 2 aliphatic carbocycles. The molecule has 4 nitrogen and oxygen atoms in total. The van der Waals surface area contributed by atoms with Crippen molar-refractivity contribution < 1.29 is 33.9 Å². The molecule has 2 saturated carbocycles. The van der Waals surface area contributed by atoms with Gasteiger partial charge in [0.2, 0.25) is 16.0 Å². The average Bonchev–Trinajstić information content (AvgIpc) is 3.91. The van der Waals surface area contributed by atoms with E-state index in [0.29, 0.717) is 0 Å². The molecule has 2 fully saturated rings. The first-order valence-corrected chi connectivity index (χ1v) is 28.6. The monoisotopic (exact) mass is 1060 g/mol. The zero-order chi connectivity index (χ0) is 53.7. The summed E-state index contributed by atoms with van der Waals surface area (Å²) in [4.78, 5) is 0. The number of benzene rings is 4. The number of rotatable bonds is 2. The van der Waals surface area contributed by atoms with Crippen LogP contribution in [0, 0.1) is 62.7 Å². The van der Waals surface area contributed by atoms with Crippen LogP contribution >= 0.6 is 16.0 Å². The Hall–Kier alpha value is -2.80. The molecule has 0 unspecified atom stereocenters. The molecule has 0 spiro atoms. The molecule has 2 aliphatic rings. The fourth-order valence-electron chi connectivity index (χ4n) is 9.22. The number of hydrogen-bond acceptors (Lipinski definition) is 4. The van der Waals surface area contributed by atoms with Crippen molar-refractivity contribution in [2.24, 2.45) is 0 Å². The van der Waals surface area contributed by atoms with Gasteiger partial charge in [-0.1, -0.05) is 190 Å². The first-order chi connectivity index (χ1) is 32.7. The topological polar surface area (TPSA) is 52.6 Å². The van der Waals surface area contributed by atoms with Crippen molar-refractivity contribution in [2.75, 3.05) is 0 Å². The molecule has 0 atom stereocenters. The Bertz CT molecular complexity index is 2640. The third kappa shape index (κ3) is 13.0. The maximum absolute atomic E-state index is 6.94. The van der Waals surface area contributed by atoms with Crippen LogP contribution in [0.15, 0.2) is 65.3 Å². The summed E-state index contributed by atoms with van der Waals surface area (Å²) in [6.07, 6.45) is 16.8. The van der Waals surface area contributed by atoms with E-state index in [9.17, 15) is 0 Å². The van der Waals surface area contributed by atoms with E-state index in [-0.39, 0.29) is 60.4 Å². The summed E-state index contributed by atoms with van der Waals surface area (Å²) in [5.41, 5.74) is 16.0. The molecule has 2 aromatic heterocycles. The molecule has 394 valence electrons. The van der Waals surface area contributed by atoms with Crippen LogP contribution in [0.2, 0.25) is 0 Å². The molecule has 0 aliphatic heterocycles. The molecule has 7 heteroatoms. The van der Waals surface area contributed by atoms with E-state index in [1.54, 1.807) is 0 Å². The molecule has 6 aromatic rings. The second-order valence-electron chi connectivity index (χ2n) is 28.8. The van der Waals surface area contributed by atoms with Crippen LogP contribution in [0.3, 0.4) is 0 Å². The van der Waals surface area contributed by atoms with E-state index in [2.05, 4.69) is 266 Å².